The van der Waals surface area contributed by atoms with E-state index in [0.29, 0.717) is 20.6 Å². The number of hydrogen-bond donors (Lipinski definition) is 4. The minimum atomic E-state index is -3.81. The van der Waals surface area contributed by atoms with E-state index in [0.717, 1.165) is 25.7 Å². The molecule has 0 unspecified atom stereocenters. The van der Waals surface area contributed by atoms with Crippen molar-refractivity contribution in [1.29, 1.82) is 0 Å². The Kier molecular flexibility index (Phi) is 7.81. The molecule has 3 aromatic rings. The predicted octanol–water partition coefficient (Wildman–Crippen LogP) is 4.62. The number of aromatic nitrogens is 1. The third-order valence-electron chi connectivity index (χ3n) is 6.87. The zero-order valence-electron chi connectivity index (χ0n) is 22.1. The van der Waals surface area contributed by atoms with Crippen LogP contribution in [-0.2, 0) is 17.3 Å². The number of ether oxygens (including phenoxy) is 1. The van der Waals surface area contributed by atoms with Crippen LogP contribution < -0.4 is 30.4 Å². The van der Waals surface area contributed by atoms with E-state index >= 15 is 0 Å². The van der Waals surface area contributed by atoms with Crippen LogP contribution >= 0.6 is 22.6 Å². The molecule has 0 aliphatic heterocycles. The van der Waals surface area contributed by atoms with Crippen molar-refractivity contribution in [1.82, 2.24) is 14.6 Å². The van der Waals surface area contributed by atoms with Gasteiger partial charge in [0.1, 0.15) is 22.9 Å². The van der Waals surface area contributed by atoms with E-state index in [1.54, 1.807) is 31.2 Å². The topological polar surface area (TPSA) is 131 Å². The van der Waals surface area contributed by atoms with Gasteiger partial charge in [-0.15, -0.1) is 0 Å². The molecular formula is C27H29FIN5O5S. The van der Waals surface area contributed by atoms with Gasteiger partial charge in [0.05, 0.1) is 16.9 Å². The summed E-state index contributed by atoms with van der Waals surface area (Å²) in [5, 5.41) is 5.90. The molecular weight excluding hydrogens is 652 g/mol. The van der Waals surface area contributed by atoms with Gasteiger partial charge in [-0.3, -0.25) is 18.9 Å². The van der Waals surface area contributed by atoms with E-state index in [2.05, 4.69) is 20.1 Å². The molecule has 0 bridgehead atoms. The number of carbonyl (C=O) groups is 1. The van der Waals surface area contributed by atoms with Crippen LogP contribution in [0.3, 0.4) is 0 Å². The first-order chi connectivity index (χ1) is 19.0. The molecule has 1 aromatic heterocycles. The van der Waals surface area contributed by atoms with Crippen molar-refractivity contribution in [2.75, 3.05) is 17.1 Å². The molecule has 0 spiro atoms. The second-order valence-corrected chi connectivity index (χ2v) is 12.8. The van der Waals surface area contributed by atoms with Crippen molar-refractivity contribution >= 4 is 55.9 Å². The van der Waals surface area contributed by atoms with Gasteiger partial charge < -0.3 is 15.4 Å². The van der Waals surface area contributed by atoms with Gasteiger partial charge >= 0.3 is 0 Å². The fourth-order valence-corrected chi connectivity index (χ4v) is 5.44. The average Bonchev–Trinajstić information content (AvgIpc) is 3.83. The summed E-state index contributed by atoms with van der Waals surface area (Å²) in [6, 6.07) is 9.54. The quantitative estimate of drug-likeness (QED) is 0.231. The lowest BCUT2D eigenvalue weighted by Crippen LogP contribution is -2.32. The van der Waals surface area contributed by atoms with Crippen molar-refractivity contribution in [3.8, 4) is 11.5 Å². The van der Waals surface area contributed by atoms with E-state index in [1.165, 1.54) is 30.8 Å². The van der Waals surface area contributed by atoms with E-state index in [9.17, 15) is 22.4 Å². The van der Waals surface area contributed by atoms with Crippen LogP contribution in [0.4, 0.5) is 21.6 Å². The molecule has 40 heavy (non-hydrogen) atoms. The second-order valence-electron chi connectivity index (χ2n) is 9.94. The van der Waals surface area contributed by atoms with Crippen LogP contribution in [0.5, 0.6) is 11.5 Å². The Morgan fingerprint density at radius 3 is 2.48 bits per heavy atom. The summed E-state index contributed by atoms with van der Waals surface area (Å²) in [5.74, 6) is -0.558. The highest BCUT2D eigenvalue weighted by Crippen LogP contribution is 2.49. The van der Waals surface area contributed by atoms with Gasteiger partial charge in [0.2, 0.25) is 0 Å². The molecule has 212 valence electrons. The summed E-state index contributed by atoms with van der Waals surface area (Å²) in [4.78, 5) is 27.0. The molecule has 0 radical (unpaired) electrons. The number of rotatable bonds is 10. The molecule has 2 saturated carbocycles. The lowest BCUT2D eigenvalue weighted by molar-refractivity contribution is 0.0948. The van der Waals surface area contributed by atoms with Gasteiger partial charge in [0, 0.05) is 29.3 Å². The maximum atomic E-state index is 14.9. The number of pyridine rings is 1. The minimum Gasteiger partial charge on any atom is -0.456 e. The standard InChI is InChI=1S/C27H29FIN5O5S/c1-14-24(39-21-6-4-5-20(22(21)15-7-8-15)33-40(37,38)30-2)23(26(35)31-17-10-11-17)25(34(3)27(14)36)32-19-12-9-16(29)13-18(19)28/h4-6,9,12-13,15,17,30,32-33H,7-8,10-11H2,1-3H3,(H,31,35). The number of nitrogens with zero attached hydrogens (tertiary/aromatic N) is 1. The minimum absolute atomic E-state index is 0.00193. The van der Waals surface area contributed by atoms with Crippen LogP contribution in [-0.4, -0.2) is 32.0 Å². The summed E-state index contributed by atoms with van der Waals surface area (Å²) >= 11 is 2.00. The van der Waals surface area contributed by atoms with Crippen LogP contribution in [0.2, 0.25) is 0 Å². The van der Waals surface area contributed by atoms with Crippen LogP contribution in [0.1, 0.15) is 53.1 Å². The first-order valence-corrected chi connectivity index (χ1v) is 15.3. The molecule has 2 fully saturated rings. The second kappa shape index (κ2) is 11.0. The Morgan fingerprint density at radius 1 is 1.12 bits per heavy atom. The highest BCUT2D eigenvalue weighted by Gasteiger charge is 2.34. The molecule has 2 aliphatic carbocycles. The predicted molar refractivity (Wildman–Crippen MR) is 159 cm³/mol. The lowest BCUT2D eigenvalue weighted by atomic mass is 10.1. The first kappa shape index (κ1) is 28.4. The van der Waals surface area contributed by atoms with E-state index in [4.69, 9.17) is 4.74 Å². The van der Waals surface area contributed by atoms with Crippen molar-refractivity contribution in [2.24, 2.45) is 7.05 Å². The molecule has 2 aromatic carbocycles. The molecule has 5 rings (SSSR count). The molecule has 10 nitrogen and oxygen atoms in total. The van der Waals surface area contributed by atoms with Gasteiger partial charge in [-0.25, -0.2) is 9.11 Å². The summed E-state index contributed by atoms with van der Waals surface area (Å²) < 4.78 is 52.5. The van der Waals surface area contributed by atoms with E-state index in [1.807, 2.05) is 22.6 Å². The van der Waals surface area contributed by atoms with E-state index < -0.39 is 27.5 Å². The molecule has 2 aliphatic rings. The monoisotopic (exact) mass is 681 g/mol. The Labute approximate surface area is 245 Å². The number of halogens is 2. The van der Waals surface area contributed by atoms with Crippen LogP contribution in [0.15, 0.2) is 41.2 Å². The van der Waals surface area contributed by atoms with Gasteiger partial charge in [-0.2, -0.15) is 8.42 Å². The zero-order chi connectivity index (χ0) is 28.8. The SMILES string of the molecule is CNS(=O)(=O)Nc1cccc(Oc2c(C(=O)NC3CC3)c(Nc3ccc(I)cc3F)n(C)c(=O)c2C)c1C1CC1. The van der Waals surface area contributed by atoms with Crippen molar-refractivity contribution in [2.45, 2.75) is 44.6 Å². The number of hydrogen-bond acceptors (Lipinski definition) is 6. The number of carbonyl (C=O) groups excluding carboxylic acids is 1. The Morgan fingerprint density at radius 2 is 1.85 bits per heavy atom. The third kappa shape index (κ3) is 5.95. The lowest BCUT2D eigenvalue weighted by Gasteiger charge is -2.23. The molecule has 1 amide bonds. The van der Waals surface area contributed by atoms with Gasteiger partial charge in [0.25, 0.3) is 21.7 Å². The Balaban J connectivity index is 1.67. The maximum absolute atomic E-state index is 14.9. The smallest absolute Gasteiger partial charge is 0.298 e. The maximum Gasteiger partial charge on any atom is 0.298 e. The highest BCUT2D eigenvalue weighted by atomic mass is 127. The van der Waals surface area contributed by atoms with Gasteiger partial charge in [0.15, 0.2) is 5.75 Å². The Hall–Kier alpha value is -3.17. The van der Waals surface area contributed by atoms with Crippen molar-refractivity contribution < 1.29 is 22.3 Å². The normalized spacial score (nSPS) is 15.0. The number of nitrogens with one attached hydrogen (secondary N) is 4. The largest absolute Gasteiger partial charge is 0.456 e. The van der Waals surface area contributed by atoms with E-state index in [-0.39, 0.29) is 40.3 Å². The van der Waals surface area contributed by atoms with Crippen molar-refractivity contribution in [3.63, 3.8) is 0 Å². The zero-order valence-corrected chi connectivity index (χ0v) is 25.1. The summed E-state index contributed by atoms with van der Waals surface area (Å²) in [6.45, 7) is 1.56. The molecule has 1 heterocycles. The van der Waals surface area contributed by atoms with Gasteiger partial charge in [-0.1, -0.05) is 6.07 Å². The van der Waals surface area contributed by atoms with Crippen molar-refractivity contribution in [3.05, 3.63) is 72.8 Å². The fraction of sp³-hybridized carbons (Fsp3) is 0.333. The highest BCUT2D eigenvalue weighted by molar-refractivity contribution is 14.1. The summed E-state index contributed by atoms with van der Waals surface area (Å²) in [7, 11) is -1.000. The third-order valence-corrected chi connectivity index (χ3v) is 8.56. The van der Waals surface area contributed by atoms with Crippen LogP contribution in [0, 0.1) is 16.3 Å². The molecule has 4 N–H and O–H groups in total. The van der Waals surface area contributed by atoms with Gasteiger partial charge in [-0.05, 0) is 91.4 Å². The Bertz CT molecular complexity index is 1670. The number of amides is 1. The number of benzene rings is 2. The number of anilines is 3. The summed E-state index contributed by atoms with van der Waals surface area (Å²) in [6.07, 6.45) is 3.33. The molecule has 0 atom stereocenters. The summed E-state index contributed by atoms with van der Waals surface area (Å²) in [5.41, 5.74) is 0.860. The van der Waals surface area contributed by atoms with Crippen LogP contribution in [0.25, 0.3) is 0 Å². The first-order valence-electron chi connectivity index (χ1n) is 12.8. The average molecular weight is 682 g/mol. The molecule has 0 saturated heterocycles. The fourth-order valence-electron chi connectivity index (χ4n) is 4.42. The molecule has 13 heteroatoms.